The van der Waals surface area contributed by atoms with Gasteiger partial charge < -0.3 is 9.47 Å². The Balaban J connectivity index is 1.95. The molecular weight excluding hydrogens is 332 g/mol. The predicted octanol–water partition coefficient (Wildman–Crippen LogP) is 4.47. The molecule has 1 aliphatic heterocycles. The number of methoxy groups -OCH3 is 1. The van der Waals surface area contributed by atoms with Gasteiger partial charge in [-0.15, -0.1) is 0 Å². The first-order valence-corrected chi connectivity index (χ1v) is 7.51. The topological polar surface area (TPSA) is 35.5 Å². The Morgan fingerprint density at radius 3 is 2.76 bits per heavy atom. The summed E-state index contributed by atoms with van der Waals surface area (Å²) in [4.78, 5) is 12.3. The van der Waals surface area contributed by atoms with E-state index in [1.165, 1.54) is 0 Å². The van der Waals surface area contributed by atoms with Gasteiger partial charge in [0.2, 0.25) is 0 Å². The number of hydrogen-bond acceptors (Lipinski definition) is 3. The minimum Gasteiger partial charge on any atom is -0.496 e. The fourth-order valence-corrected chi connectivity index (χ4v) is 2.93. The highest BCUT2D eigenvalue weighted by molar-refractivity contribution is 9.10. The van der Waals surface area contributed by atoms with Crippen LogP contribution in [0.1, 0.15) is 34.0 Å². The molecule has 0 saturated heterocycles. The Morgan fingerprint density at radius 2 is 2.05 bits per heavy atom. The van der Waals surface area contributed by atoms with Crippen molar-refractivity contribution < 1.29 is 14.3 Å². The van der Waals surface area contributed by atoms with E-state index >= 15 is 0 Å². The fraction of sp³-hybridized carbons (Fsp3) is 0.235. The first-order valence-electron chi connectivity index (χ1n) is 6.72. The maximum Gasteiger partial charge on any atom is 0.170 e. The second-order valence-electron chi connectivity index (χ2n) is 5.10. The molecule has 1 unspecified atom stereocenters. The van der Waals surface area contributed by atoms with Crippen molar-refractivity contribution in [2.45, 2.75) is 19.4 Å². The number of hydrogen-bond donors (Lipinski definition) is 0. The standard InChI is InChI=1S/C17H15BrO3/c1-10-7-11(3-6-15(10)20-2)16-9-14(19)13-5-4-12(18)8-17(13)21-16/h3-8,16H,9H2,1-2H3. The second-order valence-corrected chi connectivity index (χ2v) is 6.02. The van der Waals surface area contributed by atoms with Gasteiger partial charge in [-0.1, -0.05) is 22.0 Å². The van der Waals surface area contributed by atoms with Gasteiger partial charge in [0.15, 0.2) is 5.78 Å². The van der Waals surface area contributed by atoms with E-state index in [0.717, 1.165) is 21.3 Å². The lowest BCUT2D eigenvalue weighted by atomic mass is 9.95. The molecule has 0 aromatic heterocycles. The van der Waals surface area contributed by atoms with Gasteiger partial charge in [-0.25, -0.2) is 0 Å². The van der Waals surface area contributed by atoms with Crippen molar-refractivity contribution in [3.63, 3.8) is 0 Å². The Hall–Kier alpha value is -1.81. The Kier molecular flexibility index (Phi) is 3.72. The largest absolute Gasteiger partial charge is 0.496 e. The van der Waals surface area contributed by atoms with Crippen LogP contribution in [0.2, 0.25) is 0 Å². The summed E-state index contributed by atoms with van der Waals surface area (Å²) >= 11 is 3.41. The summed E-state index contributed by atoms with van der Waals surface area (Å²) in [5.41, 5.74) is 2.68. The molecule has 0 aliphatic carbocycles. The van der Waals surface area contributed by atoms with E-state index in [1.807, 2.05) is 37.3 Å². The SMILES string of the molecule is COc1ccc(C2CC(=O)c3ccc(Br)cc3O2)cc1C. The average molecular weight is 347 g/mol. The van der Waals surface area contributed by atoms with E-state index in [2.05, 4.69) is 15.9 Å². The molecule has 1 heterocycles. The van der Waals surface area contributed by atoms with Crippen LogP contribution < -0.4 is 9.47 Å². The van der Waals surface area contributed by atoms with Crippen molar-refractivity contribution in [3.05, 3.63) is 57.6 Å². The minimum absolute atomic E-state index is 0.113. The Morgan fingerprint density at radius 1 is 1.24 bits per heavy atom. The normalized spacial score (nSPS) is 17.1. The zero-order valence-electron chi connectivity index (χ0n) is 11.9. The molecule has 4 heteroatoms. The number of ether oxygens (including phenoxy) is 2. The summed E-state index contributed by atoms with van der Waals surface area (Å²) in [5, 5.41) is 0. The zero-order valence-corrected chi connectivity index (χ0v) is 13.4. The molecule has 0 fully saturated rings. The van der Waals surface area contributed by atoms with Gasteiger partial charge >= 0.3 is 0 Å². The average Bonchev–Trinajstić information content (AvgIpc) is 2.46. The molecule has 3 rings (SSSR count). The molecule has 1 aliphatic rings. The van der Waals surface area contributed by atoms with Gasteiger partial charge in [-0.2, -0.15) is 0 Å². The molecule has 0 saturated carbocycles. The van der Waals surface area contributed by atoms with Crippen molar-refractivity contribution in [3.8, 4) is 11.5 Å². The number of benzene rings is 2. The molecular formula is C17H15BrO3. The molecule has 108 valence electrons. The van der Waals surface area contributed by atoms with Crippen LogP contribution in [0.15, 0.2) is 40.9 Å². The highest BCUT2D eigenvalue weighted by Gasteiger charge is 2.28. The lowest BCUT2D eigenvalue weighted by Gasteiger charge is -2.26. The molecule has 0 spiro atoms. The fourth-order valence-electron chi connectivity index (χ4n) is 2.59. The van der Waals surface area contributed by atoms with Gasteiger partial charge in [0, 0.05) is 4.47 Å². The summed E-state index contributed by atoms with van der Waals surface area (Å²) in [6, 6.07) is 11.4. The maximum absolute atomic E-state index is 12.3. The number of aryl methyl sites for hydroxylation is 1. The molecule has 0 N–H and O–H groups in total. The molecule has 0 radical (unpaired) electrons. The minimum atomic E-state index is -0.246. The summed E-state index contributed by atoms with van der Waals surface area (Å²) in [7, 11) is 1.65. The van der Waals surface area contributed by atoms with Crippen molar-refractivity contribution in [2.24, 2.45) is 0 Å². The van der Waals surface area contributed by atoms with E-state index in [4.69, 9.17) is 9.47 Å². The van der Waals surface area contributed by atoms with Gasteiger partial charge in [-0.3, -0.25) is 4.79 Å². The number of Topliss-reactive ketones (excluding diaryl/α,β-unsaturated/α-hetero) is 1. The van der Waals surface area contributed by atoms with Crippen LogP contribution in [0, 0.1) is 6.92 Å². The van der Waals surface area contributed by atoms with Crippen LogP contribution in [0.25, 0.3) is 0 Å². The quantitative estimate of drug-likeness (QED) is 0.804. The van der Waals surface area contributed by atoms with E-state index < -0.39 is 0 Å². The van der Waals surface area contributed by atoms with Crippen LogP contribution >= 0.6 is 15.9 Å². The van der Waals surface area contributed by atoms with Crippen LogP contribution in [0.4, 0.5) is 0 Å². The lowest BCUT2D eigenvalue weighted by Crippen LogP contribution is -2.20. The molecule has 21 heavy (non-hydrogen) atoms. The van der Waals surface area contributed by atoms with E-state index in [0.29, 0.717) is 17.7 Å². The molecule has 1 atom stereocenters. The third-order valence-corrected chi connectivity index (χ3v) is 4.17. The van der Waals surface area contributed by atoms with E-state index in [9.17, 15) is 4.79 Å². The first-order chi connectivity index (χ1) is 10.1. The molecule has 3 nitrogen and oxygen atoms in total. The van der Waals surface area contributed by atoms with Crippen LogP contribution in [-0.4, -0.2) is 12.9 Å². The van der Waals surface area contributed by atoms with Gasteiger partial charge in [0.05, 0.1) is 19.1 Å². The maximum atomic E-state index is 12.3. The van der Waals surface area contributed by atoms with Crippen LogP contribution in [-0.2, 0) is 0 Å². The highest BCUT2D eigenvalue weighted by atomic mass is 79.9. The van der Waals surface area contributed by atoms with Crippen LogP contribution in [0.3, 0.4) is 0 Å². The first kappa shape index (κ1) is 14.1. The summed E-state index contributed by atoms with van der Waals surface area (Å²) in [5.74, 6) is 1.59. The van der Waals surface area contributed by atoms with Gasteiger partial charge in [0.1, 0.15) is 17.6 Å². The summed E-state index contributed by atoms with van der Waals surface area (Å²) in [6.07, 6.45) is 0.115. The Bertz CT molecular complexity index is 709. The van der Waals surface area contributed by atoms with E-state index in [1.54, 1.807) is 13.2 Å². The lowest BCUT2D eigenvalue weighted by molar-refractivity contribution is 0.0850. The predicted molar refractivity (Wildman–Crippen MR) is 84.2 cm³/mol. The monoisotopic (exact) mass is 346 g/mol. The smallest absolute Gasteiger partial charge is 0.170 e. The second kappa shape index (κ2) is 5.53. The number of rotatable bonds is 2. The number of carbonyl (C=O) groups excluding carboxylic acids is 1. The molecule has 2 aromatic carbocycles. The van der Waals surface area contributed by atoms with Crippen LogP contribution in [0.5, 0.6) is 11.5 Å². The van der Waals surface area contributed by atoms with Gasteiger partial charge in [0.25, 0.3) is 0 Å². The number of fused-ring (bicyclic) bond motifs is 1. The number of ketones is 1. The van der Waals surface area contributed by atoms with Gasteiger partial charge in [-0.05, 0) is 48.4 Å². The molecule has 0 bridgehead atoms. The van der Waals surface area contributed by atoms with Crippen molar-refractivity contribution >= 4 is 21.7 Å². The van der Waals surface area contributed by atoms with Crippen molar-refractivity contribution in [2.75, 3.05) is 7.11 Å². The summed E-state index contributed by atoms with van der Waals surface area (Å²) < 4.78 is 12.2. The highest BCUT2D eigenvalue weighted by Crippen LogP contribution is 2.37. The molecule has 2 aromatic rings. The third kappa shape index (κ3) is 2.68. The Labute approximate surface area is 132 Å². The number of halogens is 1. The van der Waals surface area contributed by atoms with Crippen molar-refractivity contribution in [1.82, 2.24) is 0 Å². The zero-order chi connectivity index (χ0) is 15.0. The summed E-state index contributed by atoms with van der Waals surface area (Å²) in [6.45, 7) is 1.98. The van der Waals surface area contributed by atoms with Crippen molar-refractivity contribution in [1.29, 1.82) is 0 Å². The van der Waals surface area contributed by atoms with E-state index in [-0.39, 0.29) is 11.9 Å². The number of carbonyl (C=O) groups is 1. The molecule has 0 amide bonds. The third-order valence-electron chi connectivity index (χ3n) is 3.67.